The minimum atomic E-state index is -0.549. The molecule has 9 heavy (non-hydrogen) atoms. The van der Waals surface area contributed by atoms with Crippen LogP contribution in [0.1, 0.15) is 0 Å². The predicted molar refractivity (Wildman–Crippen MR) is 37.3 cm³/mol. The first-order chi connectivity index (χ1) is 4.24. The third-order valence-corrected chi connectivity index (χ3v) is 2.20. The van der Waals surface area contributed by atoms with E-state index in [1.54, 1.807) is 0 Å². The minimum absolute atomic E-state index is 0.348. The van der Waals surface area contributed by atoms with Crippen LogP contribution in [0.15, 0.2) is 11.0 Å². The van der Waals surface area contributed by atoms with E-state index in [0.717, 1.165) is 4.91 Å². The summed E-state index contributed by atoms with van der Waals surface area (Å²) < 4.78 is 4.58. The summed E-state index contributed by atoms with van der Waals surface area (Å²) in [6.45, 7) is 0. The molecule has 1 rings (SSSR count). The van der Waals surface area contributed by atoms with E-state index in [4.69, 9.17) is 11.6 Å². The summed E-state index contributed by atoms with van der Waals surface area (Å²) in [6, 6.07) is 0. The molecule has 2 nitrogen and oxygen atoms in total. The van der Waals surface area contributed by atoms with E-state index < -0.39 is 5.56 Å². The average Bonchev–Trinajstić information content (AvgIpc) is 2.10. The molecular formula is C5H5ClO2S. The molecule has 0 aromatic heterocycles. The van der Waals surface area contributed by atoms with E-state index in [2.05, 4.69) is 4.74 Å². The number of rotatable bonds is 1. The Bertz CT molecular complexity index is 166. The lowest BCUT2D eigenvalue weighted by atomic mass is 10.6. The number of halogens is 1. The monoisotopic (exact) mass is 164 g/mol. The van der Waals surface area contributed by atoms with Gasteiger partial charge in [0.15, 0.2) is 0 Å². The lowest BCUT2D eigenvalue weighted by Gasteiger charge is -2.00. The molecule has 0 N–H and O–H groups in total. The molecular weight excluding hydrogens is 160 g/mol. The van der Waals surface area contributed by atoms with E-state index in [9.17, 15) is 4.79 Å². The molecule has 0 aromatic rings. The van der Waals surface area contributed by atoms with Crippen molar-refractivity contribution in [3.05, 3.63) is 11.0 Å². The van der Waals surface area contributed by atoms with E-state index >= 15 is 0 Å². The normalized spacial score (nSPS) is 25.8. The standard InChI is InChI=1S/C5H5ClO2S/c1-9-3-2-4(7)8-5(3)6/h2,5H,1H3. The molecule has 1 heterocycles. The van der Waals surface area contributed by atoms with Crippen molar-refractivity contribution in [3.63, 3.8) is 0 Å². The predicted octanol–water partition coefficient (Wildman–Crippen LogP) is 1.35. The summed E-state index contributed by atoms with van der Waals surface area (Å²) in [5, 5.41) is 0. The molecule has 0 saturated carbocycles. The second-order valence-electron chi connectivity index (χ2n) is 1.50. The summed E-state index contributed by atoms with van der Waals surface area (Å²) in [5.41, 5.74) is -0.549. The second kappa shape index (κ2) is 2.62. The number of esters is 1. The Morgan fingerprint density at radius 1 is 1.89 bits per heavy atom. The van der Waals surface area contributed by atoms with Crippen molar-refractivity contribution in [2.45, 2.75) is 5.56 Å². The fourth-order valence-electron chi connectivity index (χ4n) is 0.527. The van der Waals surface area contributed by atoms with Gasteiger partial charge in [0.1, 0.15) is 0 Å². The second-order valence-corrected chi connectivity index (χ2v) is 2.78. The van der Waals surface area contributed by atoms with E-state index in [1.807, 2.05) is 6.26 Å². The Kier molecular flexibility index (Phi) is 2.03. The van der Waals surface area contributed by atoms with Gasteiger partial charge >= 0.3 is 5.97 Å². The first-order valence-electron chi connectivity index (χ1n) is 2.34. The van der Waals surface area contributed by atoms with Gasteiger partial charge in [-0.1, -0.05) is 11.6 Å². The highest BCUT2D eigenvalue weighted by Crippen LogP contribution is 2.26. The fraction of sp³-hybridized carbons (Fsp3) is 0.400. The zero-order chi connectivity index (χ0) is 6.85. The van der Waals surface area contributed by atoms with Gasteiger partial charge in [-0.2, -0.15) is 0 Å². The Morgan fingerprint density at radius 2 is 2.56 bits per heavy atom. The molecule has 1 aliphatic rings. The number of ether oxygens (including phenoxy) is 1. The van der Waals surface area contributed by atoms with Gasteiger partial charge < -0.3 is 4.74 Å². The maximum atomic E-state index is 10.4. The summed E-state index contributed by atoms with van der Waals surface area (Å²) in [5.74, 6) is -0.348. The maximum Gasteiger partial charge on any atom is 0.333 e. The Hall–Kier alpha value is -0.150. The molecule has 0 radical (unpaired) electrons. The van der Waals surface area contributed by atoms with Gasteiger partial charge in [-0.05, 0) is 6.26 Å². The molecule has 1 atom stereocenters. The lowest BCUT2D eigenvalue weighted by molar-refractivity contribution is -0.136. The molecule has 1 unspecified atom stereocenters. The number of hydrogen-bond acceptors (Lipinski definition) is 3. The molecule has 4 heteroatoms. The van der Waals surface area contributed by atoms with Crippen molar-refractivity contribution in [2.24, 2.45) is 0 Å². The van der Waals surface area contributed by atoms with E-state index in [-0.39, 0.29) is 5.97 Å². The molecule has 0 aromatic carbocycles. The highest BCUT2D eigenvalue weighted by Gasteiger charge is 2.22. The molecule has 0 saturated heterocycles. The Balaban J connectivity index is 2.68. The number of cyclic esters (lactones) is 1. The Morgan fingerprint density at radius 3 is 2.78 bits per heavy atom. The van der Waals surface area contributed by atoms with Crippen LogP contribution in [0, 0.1) is 0 Å². The number of carbonyl (C=O) groups excluding carboxylic acids is 1. The molecule has 50 valence electrons. The minimum Gasteiger partial charge on any atom is -0.438 e. The van der Waals surface area contributed by atoms with Gasteiger partial charge in [0.25, 0.3) is 0 Å². The molecule has 0 bridgehead atoms. The van der Waals surface area contributed by atoms with Crippen molar-refractivity contribution in [1.29, 1.82) is 0 Å². The smallest absolute Gasteiger partial charge is 0.333 e. The van der Waals surface area contributed by atoms with Gasteiger partial charge in [-0.3, -0.25) is 0 Å². The SMILES string of the molecule is CSC1=CC(=O)OC1Cl. The van der Waals surface area contributed by atoms with E-state index in [1.165, 1.54) is 17.8 Å². The van der Waals surface area contributed by atoms with Crippen molar-refractivity contribution >= 4 is 29.3 Å². The first-order valence-corrected chi connectivity index (χ1v) is 4.00. The van der Waals surface area contributed by atoms with E-state index in [0.29, 0.717) is 0 Å². The van der Waals surface area contributed by atoms with Gasteiger partial charge in [-0.15, -0.1) is 11.8 Å². The van der Waals surface area contributed by atoms with Gasteiger partial charge in [-0.25, -0.2) is 4.79 Å². The third-order valence-electron chi connectivity index (χ3n) is 0.939. The zero-order valence-corrected chi connectivity index (χ0v) is 6.33. The largest absolute Gasteiger partial charge is 0.438 e. The number of alkyl halides is 1. The molecule has 1 aliphatic heterocycles. The van der Waals surface area contributed by atoms with Crippen molar-refractivity contribution < 1.29 is 9.53 Å². The topological polar surface area (TPSA) is 26.3 Å². The van der Waals surface area contributed by atoms with Crippen LogP contribution in [0.3, 0.4) is 0 Å². The average molecular weight is 165 g/mol. The number of hydrogen-bond donors (Lipinski definition) is 0. The molecule has 0 aliphatic carbocycles. The van der Waals surface area contributed by atoms with Crippen LogP contribution in [0.2, 0.25) is 0 Å². The van der Waals surface area contributed by atoms with Crippen LogP contribution in [-0.2, 0) is 9.53 Å². The van der Waals surface area contributed by atoms with Crippen molar-refractivity contribution in [1.82, 2.24) is 0 Å². The lowest BCUT2D eigenvalue weighted by Crippen LogP contribution is -2.00. The summed E-state index contributed by atoms with van der Waals surface area (Å²) in [4.78, 5) is 11.2. The van der Waals surface area contributed by atoms with Gasteiger partial charge in [0, 0.05) is 11.0 Å². The van der Waals surface area contributed by atoms with Gasteiger partial charge in [0.05, 0.1) is 0 Å². The van der Waals surface area contributed by atoms with Crippen LogP contribution in [0.25, 0.3) is 0 Å². The summed E-state index contributed by atoms with van der Waals surface area (Å²) in [7, 11) is 0. The molecule has 0 spiro atoms. The zero-order valence-electron chi connectivity index (χ0n) is 4.76. The number of thioether (sulfide) groups is 1. The number of carbonyl (C=O) groups is 1. The quantitative estimate of drug-likeness (QED) is 0.433. The van der Waals surface area contributed by atoms with Crippen LogP contribution in [0.5, 0.6) is 0 Å². The maximum absolute atomic E-state index is 10.4. The fourth-order valence-corrected chi connectivity index (χ4v) is 1.39. The van der Waals surface area contributed by atoms with Crippen LogP contribution >= 0.6 is 23.4 Å². The van der Waals surface area contributed by atoms with Crippen LogP contribution in [-0.4, -0.2) is 17.8 Å². The van der Waals surface area contributed by atoms with Gasteiger partial charge in [0.2, 0.25) is 5.56 Å². The van der Waals surface area contributed by atoms with Crippen molar-refractivity contribution in [3.8, 4) is 0 Å². The molecule has 0 amide bonds. The highest BCUT2D eigenvalue weighted by molar-refractivity contribution is 8.02. The van der Waals surface area contributed by atoms with Crippen LogP contribution < -0.4 is 0 Å². The summed E-state index contributed by atoms with van der Waals surface area (Å²) >= 11 is 6.97. The molecule has 0 fully saturated rings. The van der Waals surface area contributed by atoms with Crippen LogP contribution in [0.4, 0.5) is 0 Å². The summed E-state index contributed by atoms with van der Waals surface area (Å²) in [6.07, 6.45) is 3.26. The third kappa shape index (κ3) is 1.40. The highest BCUT2D eigenvalue weighted by atomic mass is 35.5. The van der Waals surface area contributed by atoms with Crippen molar-refractivity contribution in [2.75, 3.05) is 6.26 Å². The Labute approximate surface area is 62.2 Å². The first kappa shape index (κ1) is 6.96.